The number of hydrogen-bond donors (Lipinski definition) is 1. The number of amides is 1. The summed E-state index contributed by atoms with van der Waals surface area (Å²) in [6.45, 7) is 0. The highest BCUT2D eigenvalue weighted by Crippen LogP contribution is 2.21. The van der Waals surface area contributed by atoms with Crippen LogP contribution in [0.25, 0.3) is 0 Å². The Hall–Kier alpha value is -2.14. The molecule has 1 aromatic rings. The van der Waals surface area contributed by atoms with Crippen LogP contribution in [0, 0.1) is 10.1 Å². The summed E-state index contributed by atoms with van der Waals surface area (Å²) in [6.07, 6.45) is 0.784. The monoisotopic (exact) mass is 359 g/mol. The Balaban J connectivity index is 2.01. The number of sulfone groups is 1. The summed E-state index contributed by atoms with van der Waals surface area (Å²) in [5.41, 5.74) is 0.259. The van der Waals surface area contributed by atoms with Crippen LogP contribution in [0.2, 0.25) is 0 Å². The summed E-state index contributed by atoms with van der Waals surface area (Å²) < 4.78 is 23.1. The Morgan fingerprint density at radius 3 is 2.91 bits per heavy atom. The maximum Gasteiger partial charge on any atom is 0.437 e. The molecule has 0 aromatic heterocycles. The van der Waals surface area contributed by atoms with E-state index in [2.05, 4.69) is 15.3 Å². The van der Waals surface area contributed by atoms with Crippen molar-refractivity contribution >= 4 is 44.8 Å². The number of rotatable bonds is 4. The first-order valence-electron chi connectivity index (χ1n) is 6.33. The van der Waals surface area contributed by atoms with Gasteiger partial charge in [0, 0.05) is 12.1 Å². The summed E-state index contributed by atoms with van der Waals surface area (Å²) in [4.78, 5) is 26.3. The minimum Gasteiger partial charge on any atom is -0.298 e. The molecule has 0 saturated carbocycles. The van der Waals surface area contributed by atoms with E-state index in [1.807, 2.05) is 0 Å². The molecule has 1 heterocycles. The lowest BCUT2D eigenvalue weighted by Gasteiger charge is -2.05. The van der Waals surface area contributed by atoms with Crippen molar-refractivity contribution in [2.45, 2.75) is 5.25 Å². The predicted molar refractivity (Wildman–Crippen MR) is 86.6 cm³/mol. The number of thioether (sulfide) groups is 1. The fraction of sp³-hybridized carbons (Fsp3) is 0.333. The van der Waals surface area contributed by atoms with Crippen molar-refractivity contribution in [1.29, 1.82) is 0 Å². The average Bonchev–Trinajstić information content (AvgIpc) is 2.79. The van der Waals surface area contributed by atoms with E-state index in [1.54, 1.807) is 6.26 Å². The third kappa shape index (κ3) is 4.66. The largest absolute Gasteiger partial charge is 0.437 e. The summed E-state index contributed by atoms with van der Waals surface area (Å²) in [6, 6.07) is 5.31. The summed E-state index contributed by atoms with van der Waals surface area (Å²) in [7, 11) is -3.22. The molecule has 1 N–H and O–H groups in total. The molecule has 1 saturated heterocycles. The Kier molecular flexibility index (Phi) is 5.21. The predicted octanol–water partition coefficient (Wildman–Crippen LogP) is 1.66. The van der Waals surface area contributed by atoms with E-state index in [0.717, 1.165) is 0 Å². The number of oxime groups is 1. The normalized spacial score (nSPS) is 21.1. The van der Waals surface area contributed by atoms with Crippen LogP contribution in [0.15, 0.2) is 29.4 Å². The van der Waals surface area contributed by atoms with E-state index in [0.29, 0.717) is 0 Å². The van der Waals surface area contributed by atoms with Crippen molar-refractivity contribution < 1.29 is 23.0 Å². The van der Waals surface area contributed by atoms with E-state index in [4.69, 9.17) is 0 Å². The number of non-ortho nitro benzene ring substituents is 1. The highest BCUT2D eigenvalue weighted by molar-refractivity contribution is 8.02. The Morgan fingerprint density at radius 2 is 2.26 bits per heavy atom. The topological polar surface area (TPSA) is 128 Å². The average molecular weight is 359 g/mol. The number of carbonyl (C=O) groups is 1. The number of benzene rings is 1. The molecular weight excluding hydrogens is 346 g/mol. The lowest BCUT2D eigenvalue weighted by Crippen LogP contribution is -2.17. The van der Waals surface area contributed by atoms with E-state index >= 15 is 0 Å². The van der Waals surface area contributed by atoms with Crippen LogP contribution in [0.3, 0.4) is 0 Å². The van der Waals surface area contributed by atoms with Crippen LogP contribution < -0.4 is 5.32 Å². The summed E-state index contributed by atoms with van der Waals surface area (Å²) >= 11 is 1.31. The highest BCUT2D eigenvalue weighted by atomic mass is 32.2. The first-order valence-corrected chi connectivity index (χ1v) is 9.44. The second-order valence-electron chi connectivity index (χ2n) is 4.67. The van der Waals surface area contributed by atoms with Gasteiger partial charge in [-0.15, -0.1) is 0 Å². The maximum atomic E-state index is 11.6. The van der Waals surface area contributed by atoms with Crippen LogP contribution in [-0.2, 0) is 14.7 Å². The zero-order valence-corrected chi connectivity index (χ0v) is 13.6. The van der Waals surface area contributed by atoms with E-state index in [-0.39, 0.29) is 33.8 Å². The molecule has 1 aliphatic rings. The molecule has 2 rings (SSSR count). The van der Waals surface area contributed by atoms with Crippen molar-refractivity contribution in [3.63, 3.8) is 0 Å². The molecule has 11 heteroatoms. The first kappa shape index (κ1) is 17.2. The lowest BCUT2D eigenvalue weighted by atomic mass is 10.3. The van der Waals surface area contributed by atoms with Gasteiger partial charge in [-0.2, -0.15) is 11.8 Å². The molecule has 0 bridgehead atoms. The molecule has 1 aromatic carbocycles. The van der Waals surface area contributed by atoms with Gasteiger partial charge in [-0.05, 0) is 12.3 Å². The molecule has 0 aliphatic carbocycles. The smallest absolute Gasteiger partial charge is 0.298 e. The Labute approximate surface area is 136 Å². The molecule has 0 spiro atoms. The number of nitrogens with one attached hydrogen (secondary N) is 1. The van der Waals surface area contributed by atoms with Crippen LogP contribution in [0.4, 0.5) is 16.2 Å². The van der Waals surface area contributed by atoms with Crippen molar-refractivity contribution in [3.8, 4) is 0 Å². The molecule has 23 heavy (non-hydrogen) atoms. The summed E-state index contributed by atoms with van der Waals surface area (Å²) in [5, 5.41) is 16.2. The molecule has 1 unspecified atom stereocenters. The van der Waals surface area contributed by atoms with Gasteiger partial charge in [-0.1, -0.05) is 11.2 Å². The molecular formula is C12H13N3O6S2. The highest BCUT2D eigenvalue weighted by Gasteiger charge is 2.34. The zero-order valence-electron chi connectivity index (χ0n) is 12.0. The van der Waals surface area contributed by atoms with Gasteiger partial charge < -0.3 is 0 Å². The number of hydrogen-bond acceptors (Lipinski definition) is 8. The van der Waals surface area contributed by atoms with E-state index in [9.17, 15) is 23.3 Å². The van der Waals surface area contributed by atoms with Crippen molar-refractivity contribution in [2.75, 3.05) is 23.1 Å². The molecule has 124 valence electrons. The summed E-state index contributed by atoms with van der Waals surface area (Å²) in [5.74, 6) is -0.286. The second kappa shape index (κ2) is 6.96. The molecule has 1 aliphatic heterocycles. The SMILES string of the molecule is CSC1CS(=O)(=O)CC1=NOC(=O)Nc1cccc([N+](=O)[O-])c1. The first-order chi connectivity index (χ1) is 10.8. The number of nitro benzene ring substituents is 1. The van der Waals surface area contributed by atoms with Gasteiger partial charge in [0.15, 0.2) is 9.84 Å². The Morgan fingerprint density at radius 1 is 1.52 bits per heavy atom. The maximum absolute atomic E-state index is 11.6. The number of nitro groups is 1. The third-order valence-electron chi connectivity index (χ3n) is 2.98. The van der Waals surface area contributed by atoms with Crippen LogP contribution in [-0.4, -0.2) is 48.2 Å². The number of anilines is 1. The van der Waals surface area contributed by atoms with Gasteiger partial charge in [-0.3, -0.25) is 20.3 Å². The van der Waals surface area contributed by atoms with Gasteiger partial charge in [0.1, 0.15) is 0 Å². The fourth-order valence-electron chi connectivity index (χ4n) is 1.93. The number of nitrogens with zero attached hydrogens (tertiary/aromatic N) is 2. The van der Waals surface area contributed by atoms with E-state index < -0.39 is 20.9 Å². The van der Waals surface area contributed by atoms with Gasteiger partial charge >= 0.3 is 6.09 Å². The quantitative estimate of drug-likeness (QED) is 0.492. The molecule has 1 amide bonds. The van der Waals surface area contributed by atoms with Gasteiger partial charge in [0.2, 0.25) is 0 Å². The van der Waals surface area contributed by atoms with Crippen molar-refractivity contribution in [1.82, 2.24) is 0 Å². The van der Waals surface area contributed by atoms with Gasteiger partial charge in [-0.25, -0.2) is 13.2 Å². The molecule has 0 radical (unpaired) electrons. The van der Waals surface area contributed by atoms with Crippen molar-refractivity contribution in [2.24, 2.45) is 5.16 Å². The lowest BCUT2D eigenvalue weighted by molar-refractivity contribution is -0.384. The van der Waals surface area contributed by atoms with Gasteiger partial charge in [0.25, 0.3) is 5.69 Å². The van der Waals surface area contributed by atoms with Crippen LogP contribution in [0.5, 0.6) is 0 Å². The van der Waals surface area contributed by atoms with Crippen LogP contribution in [0.1, 0.15) is 0 Å². The van der Waals surface area contributed by atoms with E-state index in [1.165, 1.54) is 36.0 Å². The van der Waals surface area contributed by atoms with Crippen LogP contribution >= 0.6 is 11.8 Å². The van der Waals surface area contributed by atoms with Crippen molar-refractivity contribution in [3.05, 3.63) is 34.4 Å². The second-order valence-corrected chi connectivity index (χ2v) is 7.82. The van der Waals surface area contributed by atoms with Gasteiger partial charge in [0.05, 0.1) is 33.1 Å². The minimum absolute atomic E-state index is 0.0388. The molecule has 9 nitrogen and oxygen atoms in total. The fourth-order valence-corrected chi connectivity index (χ4v) is 5.08. The minimum atomic E-state index is -3.22. The zero-order chi connectivity index (χ0) is 17.0. The Bertz CT molecular complexity index is 762. The third-order valence-corrected chi connectivity index (χ3v) is 5.77. The standard InChI is InChI=1S/C12H13N3O6S2/c1-22-11-7-23(19,20)6-10(11)14-21-12(16)13-8-3-2-4-9(5-8)15(17)18/h2-5,11H,6-7H2,1H3,(H,13,16). The number of carbonyl (C=O) groups excluding carboxylic acids is 1. The molecule has 1 fully saturated rings. The molecule has 1 atom stereocenters.